The summed E-state index contributed by atoms with van der Waals surface area (Å²) >= 11 is 5.95. The van der Waals surface area contributed by atoms with E-state index in [1.54, 1.807) is 31.2 Å². The number of halogens is 1. The number of carbonyl (C=O) groups excluding carboxylic acids is 1. The summed E-state index contributed by atoms with van der Waals surface area (Å²) in [5.41, 5.74) is 1.66. The fourth-order valence-electron chi connectivity index (χ4n) is 2.84. The third-order valence-electron chi connectivity index (χ3n) is 4.03. The van der Waals surface area contributed by atoms with E-state index in [9.17, 15) is 4.79 Å². The van der Waals surface area contributed by atoms with Gasteiger partial charge in [-0.15, -0.1) is 0 Å². The molecule has 1 amide bonds. The highest BCUT2D eigenvalue weighted by atomic mass is 35.5. The SMILES string of the molecule is CCOc1cc2c(cc1NC(=O)C(C)Oc1cccc(Cl)c1)OC(C)C2. The zero-order valence-corrected chi connectivity index (χ0v) is 15.8. The number of ether oxygens (including phenoxy) is 3. The van der Waals surface area contributed by atoms with Crippen molar-refractivity contribution in [3.05, 3.63) is 47.0 Å². The van der Waals surface area contributed by atoms with Crippen LogP contribution < -0.4 is 19.5 Å². The Balaban J connectivity index is 1.74. The maximum absolute atomic E-state index is 12.6. The normalized spacial score (nSPS) is 16.4. The van der Waals surface area contributed by atoms with Gasteiger partial charge in [-0.25, -0.2) is 0 Å². The van der Waals surface area contributed by atoms with Crippen LogP contribution in [0.5, 0.6) is 17.2 Å². The molecule has 0 aliphatic carbocycles. The van der Waals surface area contributed by atoms with E-state index in [0.717, 1.165) is 17.7 Å². The molecule has 0 saturated heterocycles. The predicted octanol–water partition coefficient (Wildman–Crippen LogP) is 4.47. The molecule has 1 heterocycles. The van der Waals surface area contributed by atoms with Gasteiger partial charge in [0.1, 0.15) is 23.4 Å². The minimum absolute atomic E-state index is 0.121. The van der Waals surface area contributed by atoms with Gasteiger partial charge in [0, 0.05) is 23.1 Å². The average molecular weight is 376 g/mol. The lowest BCUT2D eigenvalue weighted by molar-refractivity contribution is -0.122. The summed E-state index contributed by atoms with van der Waals surface area (Å²) in [6, 6.07) is 10.7. The van der Waals surface area contributed by atoms with E-state index in [1.165, 1.54) is 0 Å². The summed E-state index contributed by atoms with van der Waals surface area (Å²) in [4.78, 5) is 12.6. The monoisotopic (exact) mass is 375 g/mol. The second-order valence-corrected chi connectivity index (χ2v) is 6.66. The number of hydrogen-bond donors (Lipinski definition) is 1. The van der Waals surface area contributed by atoms with Crippen molar-refractivity contribution in [1.29, 1.82) is 0 Å². The van der Waals surface area contributed by atoms with E-state index in [2.05, 4.69) is 5.32 Å². The van der Waals surface area contributed by atoms with Crippen LogP contribution in [-0.2, 0) is 11.2 Å². The minimum atomic E-state index is -0.698. The molecule has 0 bridgehead atoms. The molecule has 0 spiro atoms. The zero-order chi connectivity index (χ0) is 18.7. The first-order chi connectivity index (χ1) is 12.5. The summed E-state index contributed by atoms with van der Waals surface area (Å²) in [6.45, 7) is 6.11. The molecule has 1 aliphatic rings. The van der Waals surface area contributed by atoms with Gasteiger partial charge in [0.2, 0.25) is 0 Å². The van der Waals surface area contributed by atoms with Crippen LogP contribution in [0.1, 0.15) is 26.3 Å². The van der Waals surface area contributed by atoms with Crippen LogP contribution in [0.4, 0.5) is 5.69 Å². The summed E-state index contributed by atoms with van der Waals surface area (Å²) in [7, 11) is 0. The van der Waals surface area contributed by atoms with Crippen LogP contribution >= 0.6 is 11.6 Å². The molecule has 0 aromatic heterocycles. The maximum Gasteiger partial charge on any atom is 0.265 e. The van der Waals surface area contributed by atoms with Gasteiger partial charge in [0.05, 0.1) is 12.3 Å². The summed E-state index contributed by atoms with van der Waals surface area (Å²) in [5.74, 6) is 1.67. The topological polar surface area (TPSA) is 56.8 Å². The fourth-order valence-corrected chi connectivity index (χ4v) is 3.02. The number of anilines is 1. The van der Waals surface area contributed by atoms with E-state index < -0.39 is 6.10 Å². The van der Waals surface area contributed by atoms with E-state index >= 15 is 0 Å². The van der Waals surface area contributed by atoms with Crippen molar-refractivity contribution in [1.82, 2.24) is 0 Å². The third kappa shape index (κ3) is 4.22. The van der Waals surface area contributed by atoms with Gasteiger partial charge in [0.25, 0.3) is 5.91 Å². The third-order valence-corrected chi connectivity index (χ3v) is 4.27. The van der Waals surface area contributed by atoms with Crippen molar-refractivity contribution in [3.8, 4) is 17.2 Å². The number of rotatable bonds is 6. The van der Waals surface area contributed by atoms with Crippen molar-refractivity contribution in [2.24, 2.45) is 0 Å². The van der Waals surface area contributed by atoms with Crippen LogP contribution in [0.15, 0.2) is 36.4 Å². The number of carbonyl (C=O) groups is 1. The predicted molar refractivity (Wildman–Crippen MR) is 102 cm³/mol. The highest BCUT2D eigenvalue weighted by Gasteiger charge is 2.24. The lowest BCUT2D eigenvalue weighted by Crippen LogP contribution is -2.30. The van der Waals surface area contributed by atoms with Gasteiger partial charge < -0.3 is 19.5 Å². The number of fused-ring (bicyclic) bond motifs is 1. The highest BCUT2D eigenvalue weighted by molar-refractivity contribution is 6.30. The molecule has 2 unspecified atom stereocenters. The first-order valence-electron chi connectivity index (χ1n) is 8.65. The molecule has 26 heavy (non-hydrogen) atoms. The Kier molecular flexibility index (Phi) is 5.57. The van der Waals surface area contributed by atoms with Crippen molar-refractivity contribution in [2.45, 2.75) is 39.4 Å². The smallest absolute Gasteiger partial charge is 0.265 e. The van der Waals surface area contributed by atoms with Gasteiger partial charge in [-0.1, -0.05) is 17.7 Å². The molecule has 5 nitrogen and oxygen atoms in total. The Morgan fingerprint density at radius 2 is 2.19 bits per heavy atom. The van der Waals surface area contributed by atoms with Crippen molar-refractivity contribution in [3.63, 3.8) is 0 Å². The molecular weight excluding hydrogens is 354 g/mol. The largest absolute Gasteiger partial charge is 0.492 e. The fraction of sp³-hybridized carbons (Fsp3) is 0.350. The minimum Gasteiger partial charge on any atom is -0.492 e. The second-order valence-electron chi connectivity index (χ2n) is 6.23. The molecule has 2 atom stereocenters. The van der Waals surface area contributed by atoms with Gasteiger partial charge in [-0.2, -0.15) is 0 Å². The average Bonchev–Trinajstić information content (AvgIpc) is 2.94. The molecule has 1 N–H and O–H groups in total. The quantitative estimate of drug-likeness (QED) is 0.809. The van der Waals surface area contributed by atoms with Crippen LogP contribution in [0.2, 0.25) is 5.02 Å². The molecule has 0 radical (unpaired) electrons. The Bertz CT molecular complexity index is 808. The number of benzene rings is 2. The lowest BCUT2D eigenvalue weighted by Gasteiger charge is -2.17. The second kappa shape index (κ2) is 7.87. The van der Waals surface area contributed by atoms with Crippen molar-refractivity contribution in [2.75, 3.05) is 11.9 Å². The van der Waals surface area contributed by atoms with Gasteiger partial charge in [-0.05, 0) is 45.0 Å². The van der Waals surface area contributed by atoms with Gasteiger partial charge in [0.15, 0.2) is 6.10 Å². The molecule has 3 rings (SSSR count). The molecule has 1 aliphatic heterocycles. The van der Waals surface area contributed by atoms with Gasteiger partial charge in [-0.3, -0.25) is 4.79 Å². The maximum atomic E-state index is 12.6. The Morgan fingerprint density at radius 3 is 2.92 bits per heavy atom. The molecule has 0 fully saturated rings. The highest BCUT2D eigenvalue weighted by Crippen LogP contribution is 2.38. The summed E-state index contributed by atoms with van der Waals surface area (Å²) < 4.78 is 17.1. The summed E-state index contributed by atoms with van der Waals surface area (Å²) in [6.07, 6.45) is 0.254. The standard InChI is InChI=1S/C20H22ClNO4/c1-4-24-19-9-14-8-12(2)25-18(14)11-17(19)22-20(23)13(3)26-16-7-5-6-15(21)10-16/h5-7,9-13H,4,8H2,1-3H3,(H,22,23). The van der Waals surface area contributed by atoms with Crippen molar-refractivity contribution < 1.29 is 19.0 Å². The first-order valence-corrected chi connectivity index (χ1v) is 9.03. The van der Waals surface area contributed by atoms with E-state index in [-0.39, 0.29) is 12.0 Å². The van der Waals surface area contributed by atoms with E-state index in [0.29, 0.717) is 28.8 Å². The van der Waals surface area contributed by atoms with Crippen molar-refractivity contribution >= 4 is 23.2 Å². The van der Waals surface area contributed by atoms with E-state index in [4.69, 9.17) is 25.8 Å². The van der Waals surface area contributed by atoms with Crippen LogP contribution in [0, 0.1) is 0 Å². The Hall–Kier alpha value is -2.40. The molecule has 6 heteroatoms. The molecule has 0 saturated carbocycles. The number of amides is 1. The van der Waals surface area contributed by atoms with Crippen LogP contribution in [-0.4, -0.2) is 24.7 Å². The van der Waals surface area contributed by atoms with Crippen LogP contribution in [0.3, 0.4) is 0 Å². The Morgan fingerprint density at radius 1 is 1.38 bits per heavy atom. The molecule has 138 valence electrons. The first kappa shape index (κ1) is 18.4. The molecule has 2 aromatic carbocycles. The zero-order valence-electron chi connectivity index (χ0n) is 15.0. The molecule has 2 aromatic rings. The number of nitrogens with one attached hydrogen (secondary N) is 1. The number of hydrogen-bond acceptors (Lipinski definition) is 4. The molecular formula is C20H22ClNO4. The van der Waals surface area contributed by atoms with Crippen LogP contribution in [0.25, 0.3) is 0 Å². The Labute approximate surface area is 158 Å². The van der Waals surface area contributed by atoms with Gasteiger partial charge >= 0.3 is 0 Å². The van der Waals surface area contributed by atoms with E-state index in [1.807, 2.05) is 26.0 Å². The summed E-state index contributed by atoms with van der Waals surface area (Å²) in [5, 5.41) is 3.43. The lowest BCUT2D eigenvalue weighted by atomic mass is 10.1.